The second kappa shape index (κ2) is 12.2. The quantitative estimate of drug-likeness (QED) is 0.147. The molecule has 6 aromatic carbocycles. The van der Waals surface area contributed by atoms with Gasteiger partial charge in [-0.05, 0) is 0 Å². The molecule has 1 heteroatoms. The van der Waals surface area contributed by atoms with Gasteiger partial charge in [0.1, 0.15) is 0 Å². The van der Waals surface area contributed by atoms with E-state index in [1.165, 1.54) is 55.6 Å². The van der Waals surface area contributed by atoms with Crippen molar-refractivity contribution in [3.8, 4) is 22.3 Å². The van der Waals surface area contributed by atoms with Crippen LogP contribution < -0.4 is 0 Å². The van der Waals surface area contributed by atoms with Gasteiger partial charge >= 0.3 is 304 Å². The van der Waals surface area contributed by atoms with Gasteiger partial charge < -0.3 is 0 Å². The first-order chi connectivity index (χ1) is 24.4. The summed E-state index contributed by atoms with van der Waals surface area (Å²) in [4.78, 5) is 0. The first-order valence-electron chi connectivity index (χ1n) is 18.3. The normalized spacial score (nSPS) is 19.1. The number of allylic oxidation sites excluding steroid dienone is 2. The Balaban J connectivity index is 1.36. The molecule has 0 N–H and O–H groups in total. The van der Waals surface area contributed by atoms with Crippen LogP contribution >= 0.6 is 0 Å². The summed E-state index contributed by atoms with van der Waals surface area (Å²) in [5.74, 6) is 0. The maximum absolute atomic E-state index is 3.31. The third-order valence-corrected chi connectivity index (χ3v) is 27.4. The molecule has 3 aliphatic rings. The Kier molecular flexibility index (Phi) is 7.70. The first-order valence-corrected chi connectivity index (χ1v) is 29.6. The molecule has 0 spiro atoms. The molecule has 0 saturated carbocycles. The van der Waals surface area contributed by atoms with Gasteiger partial charge in [0, 0.05) is 0 Å². The Morgan fingerprint density at radius 1 is 0.440 bits per heavy atom. The van der Waals surface area contributed by atoms with Crippen molar-refractivity contribution in [2.24, 2.45) is 5.41 Å². The SMILES string of the molecule is Cc1ccccc1-c1cccc2c1C=C1[CH]2[Hf]([CH3])([CH3])[CH]2C(=Cc3c(-c4ccccc4C)cccc32)C1(Cc1ccccc1)Cc1ccccc1. The monoisotopic (exact) mass is 812 g/mol. The van der Waals surface area contributed by atoms with E-state index in [1.807, 2.05) is 0 Å². The third-order valence-electron chi connectivity index (χ3n) is 12.3. The zero-order valence-electron chi connectivity index (χ0n) is 29.6. The van der Waals surface area contributed by atoms with E-state index in [-0.39, 0.29) is 5.41 Å². The van der Waals surface area contributed by atoms with Crippen LogP contribution in [-0.2, 0) is 32.8 Å². The van der Waals surface area contributed by atoms with Crippen LogP contribution in [0.25, 0.3) is 34.4 Å². The summed E-state index contributed by atoms with van der Waals surface area (Å²) in [5, 5.41) is 0. The van der Waals surface area contributed by atoms with Gasteiger partial charge in [-0.15, -0.1) is 0 Å². The molecule has 0 amide bonds. The van der Waals surface area contributed by atoms with Crippen LogP contribution in [0.2, 0.25) is 9.36 Å². The van der Waals surface area contributed by atoms with Crippen LogP contribution in [0.1, 0.15) is 51.9 Å². The molecule has 6 aromatic rings. The fourth-order valence-electron chi connectivity index (χ4n) is 10.1. The number of hydrogen-bond acceptors (Lipinski definition) is 0. The molecule has 2 aliphatic carbocycles. The van der Waals surface area contributed by atoms with E-state index in [1.54, 1.807) is 22.3 Å². The van der Waals surface area contributed by atoms with Crippen molar-refractivity contribution in [1.29, 1.82) is 0 Å². The van der Waals surface area contributed by atoms with Crippen molar-refractivity contribution in [1.82, 2.24) is 0 Å². The molecule has 1 saturated heterocycles. The number of hydrogen-bond donors (Lipinski definition) is 0. The van der Waals surface area contributed by atoms with Crippen molar-refractivity contribution in [2.75, 3.05) is 0 Å². The Morgan fingerprint density at radius 2 is 0.820 bits per heavy atom. The topological polar surface area (TPSA) is 0 Å². The average Bonchev–Trinajstić information content (AvgIpc) is 3.74. The molecule has 2 atom stereocenters. The molecule has 0 bridgehead atoms. The van der Waals surface area contributed by atoms with Gasteiger partial charge in [0.25, 0.3) is 0 Å². The minimum absolute atomic E-state index is 0.155. The Morgan fingerprint density at radius 3 is 1.24 bits per heavy atom. The number of aryl methyl sites for hydroxylation is 2. The molecule has 244 valence electrons. The van der Waals surface area contributed by atoms with Crippen LogP contribution in [0, 0.1) is 19.3 Å². The van der Waals surface area contributed by atoms with Crippen molar-refractivity contribution >= 4 is 12.2 Å². The van der Waals surface area contributed by atoms with Crippen LogP contribution in [0.3, 0.4) is 0 Å². The van der Waals surface area contributed by atoms with Crippen LogP contribution in [0.5, 0.6) is 0 Å². The zero-order valence-corrected chi connectivity index (χ0v) is 33.2. The zero-order chi connectivity index (χ0) is 34.0. The molecule has 9 rings (SSSR count). The Bertz CT molecular complexity index is 2160. The van der Waals surface area contributed by atoms with Gasteiger partial charge in [-0.1, -0.05) is 0 Å². The van der Waals surface area contributed by atoms with E-state index in [4.69, 9.17) is 0 Å². The number of fused-ring (bicyclic) bond motifs is 6. The Labute approximate surface area is 302 Å². The summed E-state index contributed by atoms with van der Waals surface area (Å²) in [7, 11) is 0. The van der Waals surface area contributed by atoms with E-state index in [0.717, 1.165) is 12.8 Å². The molecule has 1 fully saturated rings. The molecule has 2 unspecified atom stereocenters. The van der Waals surface area contributed by atoms with Crippen LogP contribution in [-0.4, -0.2) is 0 Å². The minimum atomic E-state index is -3.31. The summed E-state index contributed by atoms with van der Waals surface area (Å²) < 4.78 is 6.57. The van der Waals surface area contributed by atoms with E-state index >= 15 is 0 Å². The van der Waals surface area contributed by atoms with E-state index in [0.29, 0.717) is 7.35 Å². The number of benzene rings is 6. The fourth-order valence-corrected chi connectivity index (χ4v) is 27.3. The molecule has 1 heterocycles. The third kappa shape index (κ3) is 4.88. The molecular weight excluding hydrogens is 767 g/mol. The molecule has 0 radical (unpaired) electrons. The standard InChI is InChI=1S/C47H38.2CH3.Hf/c1-33-15-9-11-23-41(33)43-25-13-21-37-27-39(29-45(37)43)47(31-35-17-5-3-6-18-35,32-36-19-7-4-8-20-36)40-28-38-22-14-26-44(46(38)30-40)42-24-12-10-16-34(42)2;;;/h3-30H,31-32H2,1-2H3;2*1H3;. The van der Waals surface area contributed by atoms with Crippen molar-refractivity contribution < 1.29 is 20.0 Å². The summed E-state index contributed by atoms with van der Waals surface area (Å²) in [6, 6.07) is 55.1. The summed E-state index contributed by atoms with van der Waals surface area (Å²) >= 11 is -3.31. The van der Waals surface area contributed by atoms with Gasteiger partial charge in [0.2, 0.25) is 0 Å². The summed E-state index contributed by atoms with van der Waals surface area (Å²) in [5.41, 5.74) is 20.3. The van der Waals surface area contributed by atoms with Crippen molar-refractivity contribution in [2.45, 2.75) is 43.4 Å². The van der Waals surface area contributed by atoms with Gasteiger partial charge in [-0.25, -0.2) is 0 Å². The fraction of sp³-hybridized carbons (Fsp3) is 0.184. The molecule has 0 nitrogen and oxygen atoms in total. The molecular formula is C49H44Hf. The maximum atomic E-state index is 2.78. The van der Waals surface area contributed by atoms with Crippen LogP contribution in [0.15, 0.2) is 157 Å². The molecule has 50 heavy (non-hydrogen) atoms. The van der Waals surface area contributed by atoms with E-state index < -0.39 is 20.0 Å². The van der Waals surface area contributed by atoms with E-state index in [2.05, 4.69) is 181 Å². The first kappa shape index (κ1) is 31.6. The molecule has 1 aliphatic heterocycles. The number of rotatable bonds is 6. The van der Waals surface area contributed by atoms with Gasteiger partial charge in [-0.2, -0.15) is 0 Å². The predicted octanol–water partition coefficient (Wildman–Crippen LogP) is 12.9. The summed E-state index contributed by atoms with van der Waals surface area (Å²) in [6.45, 7) is 4.53. The predicted molar refractivity (Wildman–Crippen MR) is 209 cm³/mol. The van der Waals surface area contributed by atoms with Crippen LogP contribution in [0.4, 0.5) is 0 Å². The van der Waals surface area contributed by atoms with Crippen molar-refractivity contribution in [3.05, 3.63) is 201 Å². The average molecular weight is 811 g/mol. The molecule has 0 aromatic heterocycles. The van der Waals surface area contributed by atoms with Gasteiger partial charge in [0.05, 0.1) is 0 Å². The van der Waals surface area contributed by atoms with E-state index in [9.17, 15) is 0 Å². The summed E-state index contributed by atoms with van der Waals surface area (Å²) in [6.07, 6.45) is 7.41. The van der Waals surface area contributed by atoms with Crippen molar-refractivity contribution in [3.63, 3.8) is 0 Å². The second-order valence-electron chi connectivity index (χ2n) is 15.5. The Hall–Kier alpha value is -4.33. The van der Waals surface area contributed by atoms with Gasteiger partial charge in [-0.3, -0.25) is 0 Å². The van der Waals surface area contributed by atoms with Gasteiger partial charge in [0.15, 0.2) is 0 Å². The second-order valence-corrected chi connectivity index (χ2v) is 32.8.